The van der Waals surface area contributed by atoms with Gasteiger partial charge in [0, 0.05) is 7.05 Å². The van der Waals surface area contributed by atoms with E-state index in [0.29, 0.717) is 6.61 Å². The van der Waals surface area contributed by atoms with Crippen molar-refractivity contribution in [1.82, 2.24) is 0 Å². The zero-order chi connectivity index (χ0) is 11.2. The van der Waals surface area contributed by atoms with Gasteiger partial charge in [-0.05, 0) is 17.7 Å². The van der Waals surface area contributed by atoms with E-state index in [9.17, 15) is 0 Å². The first-order valence-electron chi connectivity index (χ1n) is 5.32. The van der Waals surface area contributed by atoms with Gasteiger partial charge >= 0.3 is 0 Å². The fraction of sp³-hybridized carbons (Fsp3) is 0.143. The molecule has 2 rings (SSSR count). The van der Waals surface area contributed by atoms with Crippen LogP contribution in [-0.2, 0) is 11.4 Å². The molecule has 16 heavy (non-hydrogen) atoms. The Bertz CT molecular complexity index is 413. The van der Waals surface area contributed by atoms with Crippen molar-refractivity contribution < 1.29 is 4.84 Å². The van der Waals surface area contributed by atoms with Gasteiger partial charge in [0.05, 0.1) is 12.3 Å². The Morgan fingerprint density at radius 2 is 1.44 bits per heavy atom. The molecular weight excluding hydrogens is 198 g/mol. The Balaban J connectivity index is 1.92. The molecule has 0 amide bonds. The first-order chi connectivity index (χ1) is 7.86. The summed E-state index contributed by atoms with van der Waals surface area (Å²) >= 11 is 0. The molecule has 0 saturated heterocycles. The Morgan fingerprint density at radius 3 is 2.06 bits per heavy atom. The predicted molar refractivity (Wildman–Crippen MR) is 66.1 cm³/mol. The van der Waals surface area contributed by atoms with Gasteiger partial charge in [0.25, 0.3) is 0 Å². The smallest absolute Gasteiger partial charge is 0.0999 e. The monoisotopic (exact) mass is 213 g/mol. The summed E-state index contributed by atoms with van der Waals surface area (Å²) < 4.78 is 0. The largest absolute Gasteiger partial charge is 0.269 e. The van der Waals surface area contributed by atoms with E-state index in [1.54, 1.807) is 5.06 Å². The third-order valence-electron chi connectivity index (χ3n) is 2.39. The summed E-state index contributed by atoms with van der Waals surface area (Å²) in [5.74, 6) is 0. The molecule has 2 aromatic carbocycles. The first-order valence-corrected chi connectivity index (χ1v) is 5.32. The number of hydroxylamine groups is 1. The van der Waals surface area contributed by atoms with E-state index in [4.69, 9.17) is 4.84 Å². The highest BCUT2D eigenvalue weighted by Crippen LogP contribution is 2.12. The topological polar surface area (TPSA) is 12.5 Å². The normalized spacial score (nSPS) is 10.1. The van der Waals surface area contributed by atoms with E-state index in [1.165, 1.54) is 5.56 Å². The zero-order valence-corrected chi connectivity index (χ0v) is 9.34. The van der Waals surface area contributed by atoms with Crippen molar-refractivity contribution in [2.75, 3.05) is 12.1 Å². The van der Waals surface area contributed by atoms with Gasteiger partial charge in [0.1, 0.15) is 0 Å². The fourth-order valence-electron chi connectivity index (χ4n) is 1.46. The lowest BCUT2D eigenvalue weighted by Crippen LogP contribution is -2.17. The predicted octanol–water partition coefficient (Wildman–Crippen LogP) is 3.25. The highest BCUT2D eigenvalue weighted by Gasteiger charge is 1.99. The van der Waals surface area contributed by atoms with Crippen molar-refractivity contribution in [3.8, 4) is 0 Å². The molecule has 0 N–H and O–H groups in total. The Labute approximate surface area is 96.0 Å². The summed E-state index contributed by atoms with van der Waals surface area (Å²) in [6.07, 6.45) is 0. The van der Waals surface area contributed by atoms with Crippen LogP contribution < -0.4 is 5.06 Å². The van der Waals surface area contributed by atoms with Gasteiger partial charge in [-0.25, -0.2) is 0 Å². The lowest BCUT2D eigenvalue weighted by atomic mass is 10.2. The molecule has 2 nitrogen and oxygen atoms in total. The van der Waals surface area contributed by atoms with Crippen molar-refractivity contribution in [2.24, 2.45) is 0 Å². The SMILES string of the molecule is CN(OCc1ccccc1)c1ccccc1. The van der Waals surface area contributed by atoms with E-state index in [2.05, 4.69) is 12.1 Å². The summed E-state index contributed by atoms with van der Waals surface area (Å²) in [6, 6.07) is 20.2. The molecule has 0 atom stereocenters. The Hall–Kier alpha value is -1.80. The molecule has 0 saturated carbocycles. The van der Waals surface area contributed by atoms with Crippen LogP contribution >= 0.6 is 0 Å². The molecule has 0 fully saturated rings. The minimum absolute atomic E-state index is 0.590. The second-order valence-electron chi connectivity index (χ2n) is 3.59. The molecule has 0 radical (unpaired) electrons. The Kier molecular flexibility index (Phi) is 3.57. The summed E-state index contributed by atoms with van der Waals surface area (Å²) in [5.41, 5.74) is 2.23. The van der Waals surface area contributed by atoms with Crippen LogP contribution in [0.2, 0.25) is 0 Å². The molecule has 0 aliphatic carbocycles. The number of benzene rings is 2. The maximum Gasteiger partial charge on any atom is 0.0999 e. The highest BCUT2D eigenvalue weighted by atomic mass is 16.7. The summed E-state index contributed by atoms with van der Waals surface area (Å²) in [4.78, 5) is 5.65. The third kappa shape index (κ3) is 2.84. The minimum atomic E-state index is 0.590. The lowest BCUT2D eigenvalue weighted by molar-refractivity contribution is 0.108. The van der Waals surface area contributed by atoms with Gasteiger partial charge in [-0.2, -0.15) is 0 Å². The van der Waals surface area contributed by atoms with E-state index in [1.807, 2.05) is 55.6 Å². The van der Waals surface area contributed by atoms with Crippen molar-refractivity contribution in [2.45, 2.75) is 6.61 Å². The minimum Gasteiger partial charge on any atom is -0.269 e. The maximum absolute atomic E-state index is 5.65. The van der Waals surface area contributed by atoms with Crippen LogP contribution in [0.5, 0.6) is 0 Å². The average molecular weight is 213 g/mol. The van der Waals surface area contributed by atoms with Crippen molar-refractivity contribution in [3.05, 3.63) is 66.2 Å². The summed E-state index contributed by atoms with van der Waals surface area (Å²) in [5, 5.41) is 1.78. The highest BCUT2D eigenvalue weighted by molar-refractivity contribution is 5.42. The molecular formula is C14H15NO. The first kappa shape index (κ1) is 10.7. The van der Waals surface area contributed by atoms with Crippen molar-refractivity contribution >= 4 is 5.69 Å². The van der Waals surface area contributed by atoms with E-state index >= 15 is 0 Å². The number of hydrogen-bond donors (Lipinski definition) is 0. The Morgan fingerprint density at radius 1 is 0.875 bits per heavy atom. The average Bonchev–Trinajstić information content (AvgIpc) is 2.38. The molecule has 2 heteroatoms. The molecule has 82 valence electrons. The van der Waals surface area contributed by atoms with Crippen LogP contribution in [0.3, 0.4) is 0 Å². The number of anilines is 1. The van der Waals surface area contributed by atoms with Crippen LogP contribution in [0.4, 0.5) is 5.69 Å². The van der Waals surface area contributed by atoms with E-state index in [0.717, 1.165) is 5.69 Å². The zero-order valence-electron chi connectivity index (χ0n) is 9.34. The van der Waals surface area contributed by atoms with Crippen LogP contribution in [-0.4, -0.2) is 7.05 Å². The fourth-order valence-corrected chi connectivity index (χ4v) is 1.46. The van der Waals surface area contributed by atoms with Crippen molar-refractivity contribution in [1.29, 1.82) is 0 Å². The molecule has 0 aliphatic heterocycles. The van der Waals surface area contributed by atoms with Gasteiger partial charge in [-0.15, -0.1) is 0 Å². The number of para-hydroxylation sites is 1. The second-order valence-corrected chi connectivity index (χ2v) is 3.59. The molecule has 0 spiro atoms. The van der Waals surface area contributed by atoms with E-state index in [-0.39, 0.29) is 0 Å². The molecule has 2 aromatic rings. The van der Waals surface area contributed by atoms with Crippen LogP contribution in [0.15, 0.2) is 60.7 Å². The second kappa shape index (κ2) is 5.33. The van der Waals surface area contributed by atoms with Gasteiger partial charge < -0.3 is 0 Å². The molecule has 0 bridgehead atoms. The molecule has 0 aliphatic rings. The van der Waals surface area contributed by atoms with Crippen molar-refractivity contribution in [3.63, 3.8) is 0 Å². The summed E-state index contributed by atoms with van der Waals surface area (Å²) in [7, 11) is 1.91. The van der Waals surface area contributed by atoms with Crippen LogP contribution in [0, 0.1) is 0 Å². The lowest BCUT2D eigenvalue weighted by Gasteiger charge is -2.18. The van der Waals surface area contributed by atoms with Gasteiger partial charge in [-0.1, -0.05) is 48.5 Å². The van der Waals surface area contributed by atoms with Crippen LogP contribution in [0.1, 0.15) is 5.56 Å². The van der Waals surface area contributed by atoms with E-state index < -0.39 is 0 Å². The van der Waals surface area contributed by atoms with Gasteiger partial charge in [-0.3, -0.25) is 9.90 Å². The van der Waals surface area contributed by atoms with Gasteiger partial charge in [0.2, 0.25) is 0 Å². The molecule has 0 aromatic heterocycles. The number of nitrogens with zero attached hydrogens (tertiary/aromatic N) is 1. The van der Waals surface area contributed by atoms with Crippen LogP contribution in [0.25, 0.3) is 0 Å². The van der Waals surface area contributed by atoms with Gasteiger partial charge in [0.15, 0.2) is 0 Å². The number of hydrogen-bond acceptors (Lipinski definition) is 2. The third-order valence-corrected chi connectivity index (χ3v) is 2.39. The quantitative estimate of drug-likeness (QED) is 0.723. The number of rotatable bonds is 4. The summed E-state index contributed by atoms with van der Waals surface area (Å²) in [6.45, 7) is 0.590. The molecule has 0 heterocycles. The standard InChI is InChI=1S/C14H15NO/c1-15(14-10-6-3-7-11-14)16-12-13-8-4-2-5-9-13/h2-11H,12H2,1H3. The molecule has 0 unspecified atom stereocenters. The maximum atomic E-state index is 5.65.